The summed E-state index contributed by atoms with van der Waals surface area (Å²) >= 11 is 13.2. The lowest BCUT2D eigenvalue weighted by Crippen LogP contribution is -2.23. The van der Waals surface area contributed by atoms with E-state index >= 15 is 0 Å². The van der Waals surface area contributed by atoms with Crippen molar-refractivity contribution in [1.82, 2.24) is 10.3 Å². The molecule has 7 nitrogen and oxygen atoms in total. The number of rotatable bonds is 13. The number of carboxylic acids is 1. The predicted molar refractivity (Wildman–Crippen MR) is 149 cm³/mol. The van der Waals surface area contributed by atoms with Gasteiger partial charge in [0.1, 0.15) is 15.8 Å². The van der Waals surface area contributed by atoms with Crippen molar-refractivity contribution in [2.24, 2.45) is 0 Å². The molecule has 0 amide bonds. The quantitative estimate of drug-likeness (QED) is 0.173. The van der Waals surface area contributed by atoms with Gasteiger partial charge in [-0.25, -0.2) is 4.98 Å². The molecule has 0 spiro atoms. The highest BCUT2D eigenvalue weighted by atomic mass is 35.5. The second-order valence-electron chi connectivity index (χ2n) is 8.58. The van der Waals surface area contributed by atoms with Crippen LogP contribution >= 0.6 is 34.5 Å². The fourth-order valence-corrected chi connectivity index (χ4v) is 5.41. The highest BCUT2D eigenvalue weighted by molar-refractivity contribution is 7.20. The Morgan fingerprint density at radius 2 is 1.87 bits per heavy atom. The van der Waals surface area contributed by atoms with Crippen LogP contribution in [0.4, 0.5) is 0 Å². The van der Waals surface area contributed by atoms with E-state index < -0.39 is 5.97 Å². The molecule has 0 aliphatic carbocycles. The van der Waals surface area contributed by atoms with E-state index in [1.165, 1.54) is 0 Å². The van der Waals surface area contributed by atoms with Crippen LogP contribution in [0.1, 0.15) is 39.4 Å². The summed E-state index contributed by atoms with van der Waals surface area (Å²) < 4.78 is 12.6. The van der Waals surface area contributed by atoms with Crippen LogP contribution in [0.15, 0.2) is 59.0 Å². The number of carbonyl (C=O) groups excluding carboxylic acids is 1. The van der Waals surface area contributed by atoms with E-state index in [-0.39, 0.29) is 18.7 Å². The molecule has 198 valence electrons. The monoisotopic (exact) mass is 572 g/mol. The first-order valence-corrected chi connectivity index (χ1v) is 13.5. The van der Waals surface area contributed by atoms with Gasteiger partial charge in [0, 0.05) is 24.9 Å². The van der Waals surface area contributed by atoms with Crippen LogP contribution in [0.25, 0.3) is 11.5 Å². The third-order valence-corrected chi connectivity index (χ3v) is 7.35. The van der Waals surface area contributed by atoms with Crippen molar-refractivity contribution in [2.45, 2.75) is 32.7 Å². The molecule has 0 aliphatic heterocycles. The lowest BCUT2D eigenvalue weighted by molar-refractivity contribution is -0.136. The van der Waals surface area contributed by atoms with Crippen LogP contribution in [0.3, 0.4) is 0 Å². The molecule has 4 aromatic rings. The number of nitrogens with one attached hydrogen (secondary N) is 1. The molecule has 2 N–H and O–H groups in total. The molecular weight excluding hydrogens is 547 g/mol. The number of benzene rings is 2. The second-order valence-corrected chi connectivity index (χ2v) is 10.9. The van der Waals surface area contributed by atoms with E-state index in [4.69, 9.17) is 37.5 Å². The van der Waals surface area contributed by atoms with Gasteiger partial charge < -0.3 is 19.6 Å². The minimum atomic E-state index is -0.874. The van der Waals surface area contributed by atoms with Gasteiger partial charge in [-0.1, -0.05) is 47.5 Å². The van der Waals surface area contributed by atoms with Gasteiger partial charge in [0.15, 0.2) is 5.78 Å². The Bertz CT molecular complexity index is 1420. The van der Waals surface area contributed by atoms with Gasteiger partial charge >= 0.3 is 5.97 Å². The number of halogens is 2. The van der Waals surface area contributed by atoms with Crippen LogP contribution in [0.5, 0.6) is 5.75 Å². The SMILES string of the molecule is Cc1oc(-c2ccccc2)nc1CCOc1ccc(CCC(=O)O)c(CNCC(=O)c2cc(Cl)sc2Cl)c1. The first kappa shape index (κ1) is 27.9. The molecule has 0 unspecified atom stereocenters. The van der Waals surface area contributed by atoms with Gasteiger partial charge in [0.2, 0.25) is 5.89 Å². The number of carbonyl (C=O) groups is 2. The van der Waals surface area contributed by atoms with Gasteiger partial charge in [-0.3, -0.25) is 9.59 Å². The third-order valence-electron chi connectivity index (χ3n) is 5.87. The number of ether oxygens (including phenoxy) is 1. The molecule has 0 aliphatic rings. The van der Waals surface area contributed by atoms with Crippen molar-refractivity contribution in [1.29, 1.82) is 0 Å². The Morgan fingerprint density at radius 1 is 1.08 bits per heavy atom. The van der Waals surface area contributed by atoms with E-state index in [1.807, 2.05) is 55.5 Å². The zero-order valence-corrected chi connectivity index (χ0v) is 23.0. The first-order valence-electron chi connectivity index (χ1n) is 12.0. The second kappa shape index (κ2) is 13.1. The van der Waals surface area contributed by atoms with Gasteiger partial charge in [0.05, 0.1) is 28.7 Å². The number of thiophene rings is 1. The van der Waals surface area contributed by atoms with Crippen molar-refractivity contribution in [3.63, 3.8) is 0 Å². The van der Waals surface area contributed by atoms with Crippen molar-refractivity contribution in [3.8, 4) is 17.2 Å². The molecule has 0 saturated heterocycles. The number of hydrogen-bond acceptors (Lipinski definition) is 7. The van der Waals surface area contributed by atoms with E-state index in [2.05, 4.69) is 10.3 Å². The van der Waals surface area contributed by atoms with Crippen molar-refractivity contribution >= 4 is 46.3 Å². The molecule has 0 radical (unpaired) electrons. The average molecular weight is 573 g/mol. The summed E-state index contributed by atoms with van der Waals surface area (Å²) in [6, 6.07) is 16.8. The smallest absolute Gasteiger partial charge is 0.303 e. The van der Waals surface area contributed by atoms with Crippen molar-refractivity contribution < 1.29 is 23.8 Å². The zero-order valence-electron chi connectivity index (χ0n) is 20.6. The largest absolute Gasteiger partial charge is 0.493 e. The van der Waals surface area contributed by atoms with Crippen LogP contribution in [-0.2, 0) is 24.2 Å². The number of ketones is 1. The fraction of sp³-hybridized carbons (Fsp3) is 0.250. The molecule has 4 rings (SSSR count). The topological polar surface area (TPSA) is 102 Å². The molecular formula is C28H26Cl2N2O5S. The normalized spacial score (nSPS) is 11.0. The van der Waals surface area contributed by atoms with Gasteiger partial charge in [-0.15, -0.1) is 11.3 Å². The summed E-state index contributed by atoms with van der Waals surface area (Å²) in [5.74, 6) is 0.925. The van der Waals surface area contributed by atoms with Crippen molar-refractivity contribution in [2.75, 3.05) is 13.2 Å². The van der Waals surface area contributed by atoms with Gasteiger partial charge in [-0.2, -0.15) is 0 Å². The number of oxazole rings is 1. The number of hydrogen-bond donors (Lipinski definition) is 2. The zero-order chi connectivity index (χ0) is 27.1. The van der Waals surface area contributed by atoms with Gasteiger partial charge in [0.25, 0.3) is 0 Å². The van der Waals surface area contributed by atoms with Gasteiger partial charge in [-0.05, 0) is 54.8 Å². The third kappa shape index (κ3) is 7.45. The van der Waals surface area contributed by atoms with E-state index in [1.54, 1.807) is 6.07 Å². The minimum Gasteiger partial charge on any atom is -0.493 e. The number of Topliss-reactive ketones (excluding diaryl/α,β-unsaturated/α-hetero) is 1. The lowest BCUT2D eigenvalue weighted by atomic mass is 10.0. The maximum Gasteiger partial charge on any atom is 0.303 e. The maximum absolute atomic E-state index is 12.5. The number of aryl methyl sites for hydroxylation is 2. The summed E-state index contributed by atoms with van der Waals surface area (Å²) in [5.41, 5.74) is 3.86. The van der Waals surface area contributed by atoms with E-state index in [9.17, 15) is 9.59 Å². The standard InChI is InChI=1S/C28H26Cl2N2O5S/c1-17-23(32-28(37-17)19-5-3-2-4-6-19)11-12-36-21-9-7-18(8-10-26(34)35)20(13-21)15-31-16-24(33)22-14-25(29)38-27(22)30/h2-7,9,13-14,31H,8,10-12,15-16H2,1H3,(H,34,35). The highest BCUT2D eigenvalue weighted by Crippen LogP contribution is 2.31. The Kier molecular flexibility index (Phi) is 9.58. The van der Waals surface area contributed by atoms with Crippen LogP contribution < -0.4 is 10.1 Å². The molecule has 2 aromatic carbocycles. The molecule has 0 bridgehead atoms. The minimum absolute atomic E-state index is 0.00429. The molecule has 10 heteroatoms. The average Bonchev–Trinajstić information content (AvgIpc) is 3.44. The highest BCUT2D eigenvalue weighted by Gasteiger charge is 2.15. The maximum atomic E-state index is 12.5. The Hall–Kier alpha value is -3.17. The number of aliphatic carboxylic acids is 1. The lowest BCUT2D eigenvalue weighted by Gasteiger charge is -2.13. The predicted octanol–water partition coefficient (Wildman–Crippen LogP) is 6.63. The molecule has 38 heavy (non-hydrogen) atoms. The summed E-state index contributed by atoms with van der Waals surface area (Å²) in [6.45, 7) is 2.69. The first-order chi connectivity index (χ1) is 18.3. The van der Waals surface area contributed by atoms with E-state index in [0.717, 1.165) is 39.5 Å². The summed E-state index contributed by atoms with van der Waals surface area (Å²) in [5, 5.41) is 12.3. The Morgan fingerprint density at radius 3 is 2.58 bits per heavy atom. The van der Waals surface area contributed by atoms with Crippen LogP contribution in [0, 0.1) is 6.92 Å². The van der Waals surface area contributed by atoms with Crippen molar-refractivity contribution in [3.05, 3.63) is 91.4 Å². The summed E-state index contributed by atoms with van der Waals surface area (Å²) in [4.78, 5) is 28.2. The molecule has 2 heterocycles. The van der Waals surface area contributed by atoms with Crippen LogP contribution in [-0.4, -0.2) is 35.0 Å². The number of carboxylic acid groups (broad SMARTS) is 1. The summed E-state index contributed by atoms with van der Waals surface area (Å²) in [6.07, 6.45) is 0.937. The Balaban J connectivity index is 1.38. The molecule has 0 fully saturated rings. The fourth-order valence-electron chi connectivity index (χ4n) is 3.91. The summed E-state index contributed by atoms with van der Waals surface area (Å²) in [7, 11) is 0. The molecule has 2 aromatic heterocycles. The molecule has 0 atom stereocenters. The molecule has 0 saturated carbocycles. The van der Waals surface area contributed by atoms with E-state index in [0.29, 0.717) is 51.9 Å². The Labute approximate surface area is 234 Å². The number of nitrogens with zero attached hydrogens (tertiary/aromatic N) is 1. The van der Waals surface area contributed by atoms with Crippen LogP contribution in [0.2, 0.25) is 8.67 Å². The number of aromatic nitrogens is 1.